The van der Waals surface area contributed by atoms with Gasteiger partial charge in [0.1, 0.15) is 0 Å². The first-order chi connectivity index (χ1) is 5.25. The van der Waals surface area contributed by atoms with Crippen LogP contribution in [0.4, 0.5) is 0 Å². The highest BCUT2D eigenvalue weighted by Crippen LogP contribution is 1.95. The van der Waals surface area contributed by atoms with Gasteiger partial charge >= 0.3 is 0 Å². The van der Waals surface area contributed by atoms with Gasteiger partial charge in [0, 0.05) is 19.1 Å². The molecule has 0 aliphatic heterocycles. The molecule has 1 aromatic heterocycles. The van der Waals surface area contributed by atoms with Gasteiger partial charge in [0.25, 0.3) is 0 Å². The molecule has 0 aliphatic rings. The van der Waals surface area contributed by atoms with E-state index in [2.05, 4.69) is 0 Å². The predicted molar refractivity (Wildman–Crippen MR) is 40.9 cm³/mol. The summed E-state index contributed by atoms with van der Waals surface area (Å²) in [6.07, 6.45) is 0.422. The number of aryl methyl sites for hydroxylation is 1. The van der Waals surface area contributed by atoms with Crippen LogP contribution in [0.1, 0.15) is 11.4 Å². The second-order valence-electron chi connectivity index (χ2n) is 2.43. The van der Waals surface area contributed by atoms with Crippen LogP contribution in [-0.4, -0.2) is 11.7 Å². The third-order valence-corrected chi connectivity index (χ3v) is 1.58. The summed E-state index contributed by atoms with van der Waals surface area (Å²) in [4.78, 5) is 0. The molecule has 1 heterocycles. The molecular weight excluding hydrogens is 142 g/mol. The van der Waals surface area contributed by atoms with Crippen LogP contribution in [0.15, 0.2) is 18.2 Å². The minimum atomic E-state index is 0.0195. The van der Waals surface area contributed by atoms with Crippen LogP contribution in [0.2, 0.25) is 0 Å². The van der Waals surface area contributed by atoms with Gasteiger partial charge in [-0.3, -0.25) is 0 Å². The first-order valence-corrected chi connectivity index (χ1v) is 3.54. The van der Waals surface area contributed by atoms with E-state index in [9.17, 15) is 5.21 Å². The number of hydrogen-bond donors (Lipinski definition) is 1. The molecule has 0 saturated heterocycles. The Kier molecular flexibility index (Phi) is 2.44. The van der Waals surface area contributed by atoms with Crippen molar-refractivity contribution >= 4 is 0 Å². The molecule has 3 heteroatoms. The van der Waals surface area contributed by atoms with Crippen molar-refractivity contribution in [2.24, 2.45) is 0 Å². The van der Waals surface area contributed by atoms with Gasteiger partial charge in [-0.05, 0) is 6.07 Å². The lowest BCUT2D eigenvalue weighted by Crippen LogP contribution is -2.35. The summed E-state index contributed by atoms with van der Waals surface area (Å²) < 4.78 is 0.843. The largest absolute Gasteiger partial charge is 0.618 e. The predicted octanol–water partition coefficient (Wildman–Crippen LogP) is 0.163. The summed E-state index contributed by atoms with van der Waals surface area (Å²) in [7, 11) is 0. The van der Waals surface area contributed by atoms with Gasteiger partial charge in [0.05, 0.1) is 13.0 Å². The number of aliphatic hydroxyl groups is 1. The third kappa shape index (κ3) is 1.68. The molecule has 0 bridgehead atoms. The fourth-order valence-electron chi connectivity index (χ4n) is 0.960. The quantitative estimate of drug-likeness (QED) is 0.486. The number of aliphatic hydroxyl groups excluding tert-OH is 1. The summed E-state index contributed by atoms with van der Waals surface area (Å²) in [6.45, 7) is 1.76. The monoisotopic (exact) mass is 153 g/mol. The standard InChI is InChI=1S/C8H11NO2/c1-7-3-2-4-8(5-6-10)9(7)11/h2-4,10H,5-6H2,1H3. The van der Waals surface area contributed by atoms with Crippen molar-refractivity contribution in [1.82, 2.24) is 0 Å². The van der Waals surface area contributed by atoms with Gasteiger partial charge in [0.15, 0.2) is 11.4 Å². The summed E-state index contributed by atoms with van der Waals surface area (Å²) in [5, 5.41) is 19.7. The van der Waals surface area contributed by atoms with E-state index in [0.717, 1.165) is 4.73 Å². The molecular formula is C8H11NO2. The molecule has 0 radical (unpaired) electrons. The molecule has 1 N–H and O–H groups in total. The molecule has 0 spiro atoms. The van der Waals surface area contributed by atoms with Crippen molar-refractivity contribution in [2.75, 3.05) is 6.61 Å². The van der Waals surface area contributed by atoms with Crippen LogP contribution in [0.25, 0.3) is 0 Å². The highest BCUT2D eigenvalue weighted by molar-refractivity contribution is 5.03. The molecule has 11 heavy (non-hydrogen) atoms. The first kappa shape index (κ1) is 8.01. The van der Waals surface area contributed by atoms with Crippen molar-refractivity contribution < 1.29 is 9.84 Å². The molecule has 0 atom stereocenters. The average molecular weight is 153 g/mol. The van der Waals surface area contributed by atoms with E-state index in [4.69, 9.17) is 5.11 Å². The summed E-state index contributed by atoms with van der Waals surface area (Å²) >= 11 is 0. The zero-order valence-corrected chi connectivity index (χ0v) is 6.45. The lowest BCUT2D eigenvalue weighted by molar-refractivity contribution is -0.620. The number of rotatable bonds is 2. The SMILES string of the molecule is Cc1cccc(CCO)[n+]1[O-]. The van der Waals surface area contributed by atoms with Crippen LogP contribution in [0, 0.1) is 12.1 Å². The third-order valence-electron chi connectivity index (χ3n) is 1.58. The molecule has 3 nitrogen and oxygen atoms in total. The van der Waals surface area contributed by atoms with Crippen LogP contribution in [0.3, 0.4) is 0 Å². The highest BCUT2D eigenvalue weighted by atomic mass is 16.5. The number of nitrogens with zero attached hydrogens (tertiary/aromatic N) is 1. The van der Waals surface area contributed by atoms with E-state index in [1.807, 2.05) is 6.07 Å². The number of hydrogen-bond acceptors (Lipinski definition) is 2. The van der Waals surface area contributed by atoms with Crippen LogP contribution >= 0.6 is 0 Å². The van der Waals surface area contributed by atoms with Crippen molar-refractivity contribution in [3.05, 3.63) is 34.8 Å². The van der Waals surface area contributed by atoms with Crippen LogP contribution in [0.5, 0.6) is 0 Å². The zero-order chi connectivity index (χ0) is 8.27. The van der Waals surface area contributed by atoms with Crippen LogP contribution in [-0.2, 0) is 6.42 Å². The summed E-state index contributed by atoms with van der Waals surface area (Å²) in [5.74, 6) is 0. The van der Waals surface area contributed by atoms with E-state index in [1.165, 1.54) is 0 Å². The molecule has 1 aromatic rings. The molecule has 60 valence electrons. The summed E-state index contributed by atoms with van der Waals surface area (Å²) in [5.41, 5.74) is 1.28. The van der Waals surface area contributed by atoms with Gasteiger partial charge < -0.3 is 10.3 Å². The molecule has 0 amide bonds. The Balaban J connectivity index is 2.96. The topological polar surface area (TPSA) is 47.2 Å². The molecule has 1 rings (SSSR count). The lowest BCUT2D eigenvalue weighted by Gasteiger charge is -2.04. The summed E-state index contributed by atoms with van der Waals surface area (Å²) in [6, 6.07) is 5.28. The van der Waals surface area contributed by atoms with Gasteiger partial charge in [-0.15, -0.1) is 0 Å². The van der Waals surface area contributed by atoms with E-state index >= 15 is 0 Å². The fraction of sp³-hybridized carbons (Fsp3) is 0.375. The number of pyridine rings is 1. The van der Waals surface area contributed by atoms with E-state index in [-0.39, 0.29) is 6.61 Å². The minimum Gasteiger partial charge on any atom is -0.618 e. The molecule has 0 saturated carbocycles. The average Bonchev–Trinajstić information content (AvgIpc) is 1.99. The van der Waals surface area contributed by atoms with Gasteiger partial charge in [-0.25, -0.2) is 0 Å². The van der Waals surface area contributed by atoms with Gasteiger partial charge in [-0.2, -0.15) is 4.73 Å². The normalized spacial score (nSPS) is 10.0. The Morgan fingerprint density at radius 3 is 2.91 bits per heavy atom. The van der Waals surface area contributed by atoms with Gasteiger partial charge in [0.2, 0.25) is 0 Å². The van der Waals surface area contributed by atoms with Crippen molar-refractivity contribution in [3.8, 4) is 0 Å². The molecule has 0 aromatic carbocycles. The maximum absolute atomic E-state index is 11.2. The second kappa shape index (κ2) is 3.34. The van der Waals surface area contributed by atoms with E-state index in [1.54, 1.807) is 19.1 Å². The minimum absolute atomic E-state index is 0.0195. The highest BCUT2D eigenvalue weighted by Gasteiger charge is 2.04. The molecule has 0 unspecified atom stereocenters. The lowest BCUT2D eigenvalue weighted by atomic mass is 10.2. The van der Waals surface area contributed by atoms with E-state index in [0.29, 0.717) is 17.8 Å². The van der Waals surface area contributed by atoms with Crippen LogP contribution < -0.4 is 4.73 Å². The van der Waals surface area contributed by atoms with Crippen molar-refractivity contribution in [3.63, 3.8) is 0 Å². The zero-order valence-electron chi connectivity index (χ0n) is 6.45. The smallest absolute Gasteiger partial charge is 0.195 e. The fourth-order valence-corrected chi connectivity index (χ4v) is 0.960. The Labute approximate surface area is 65.5 Å². The maximum Gasteiger partial charge on any atom is 0.195 e. The van der Waals surface area contributed by atoms with E-state index < -0.39 is 0 Å². The molecule has 0 fully saturated rings. The maximum atomic E-state index is 11.2. The Hall–Kier alpha value is -1.09. The Bertz CT molecular complexity index is 248. The number of aromatic nitrogens is 1. The van der Waals surface area contributed by atoms with Crippen molar-refractivity contribution in [1.29, 1.82) is 0 Å². The second-order valence-corrected chi connectivity index (χ2v) is 2.43. The Morgan fingerprint density at radius 2 is 2.27 bits per heavy atom. The molecule has 0 aliphatic carbocycles. The van der Waals surface area contributed by atoms with Crippen molar-refractivity contribution in [2.45, 2.75) is 13.3 Å². The van der Waals surface area contributed by atoms with Gasteiger partial charge in [-0.1, -0.05) is 0 Å². The first-order valence-electron chi connectivity index (χ1n) is 3.54. The Morgan fingerprint density at radius 1 is 1.55 bits per heavy atom.